The van der Waals surface area contributed by atoms with Crippen molar-refractivity contribution in [1.29, 1.82) is 0 Å². The van der Waals surface area contributed by atoms with Crippen LogP contribution in [0.5, 0.6) is 0 Å². The van der Waals surface area contributed by atoms with Crippen LogP contribution in [0, 0.1) is 0 Å². The number of halogens is 1. The Morgan fingerprint density at radius 3 is 2.48 bits per heavy atom. The second-order valence-electron chi connectivity index (χ2n) is 6.90. The zero-order valence-corrected chi connectivity index (χ0v) is 19.2. The third kappa shape index (κ3) is 5.62. The summed E-state index contributed by atoms with van der Waals surface area (Å²) in [4.78, 5) is 21.6. The fourth-order valence-electron chi connectivity index (χ4n) is 3.28. The van der Waals surface area contributed by atoms with Crippen molar-refractivity contribution in [3.8, 4) is 0 Å². The lowest BCUT2D eigenvalue weighted by Gasteiger charge is -2.36. The van der Waals surface area contributed by atoms with Crippen molar-refractivity contribution in [3.63, 3.8) is 0 Å². The summed E-state index contributed by atoms with van der Waals surface area (Å²) in [6.07, 6.45) is 0.390. The number of nitrogens with zero attached hydrogens (tertiary/aromatic N) is 3. The van der Waals surface area contributed by atoms with Gasteiger partial charge in [0, 0.05) is 47.5 Å². The van der Waals surface area contributed by atoms with E-state index in [1.807, 2.05) is 16.3 Å². The number of amides is 1. The van der Waals surface area contributed by atoms with Crippen LogP contribution < -0.4 is 4.90 Å². The van der Waals surface area contributed by atoms with E-state index in [0.29, 0.717) is 6.42 Å². The van der Waals surface area contributed by atoms with Crippen molar-refractivity contribution in [2.75, 3.05) is 31.1 Å². The zero-order chi connectivity index (χ0) is 20.1. The molecule has 0 bridgehead atoms. The molecule has 29 heavy (non-hydrogen) atoms. The number of hydrogen-bond acceptors (Lipinski definition) is 5. The number of thiazole rings is 1. The Hall–Kier alpha value is -1.83. The normalized spacial score (nSPS) is 14.2. The van der Waals surface area contributed by atoms with Crippen LogP contribution in [0.1, 0.15) is 11.3 Å². The fourth-order valence-corrected chi connectivity index (χ4v) is 5.35. The Morgan fingerprint density at radius 1 is 1.03 bits per heavy atom. The van der Waals surface area contributed by atoms with Gasteiger partial charge in [-0.2, -0.15) is 0 Å². The van der Waals surface area contributed by atoms with E-state index in [0.717, 1.165) is 46.4 Å². The minimum atomic E-state index is 0.174. The molecule has 2 aromatic carbocycles. The number of piperazine rings is 1. The molecule has 0 unspecified atom stereocenters. The van der Waals surface area contributed by atoms with Crippen LogP contribution in [-0.2, 0) is 17.0 Å². The molecule has 1 aliphatic heterocycles. The molecule has 1 aromatic heterocycles. The molecule has 2 heterocycles. The van der Waals surface area contributed by atoms with Gasteiger partial charge in [-0.3, -0.25) is 4.79 Å². The molecule has 0 aliphatic carbocycles. The van der Waals surface area contributed by atoms with E-state index in [9.17, 15) is 4.79 Å². The Balaban J connectivity index is 1.25. The number of para-hydroxylation sites is 1. The van der Waals surface area contributed by atoms with Crippen LogP contribution in [0.15, 0.2) is 68.8 Å². The van der Waals surface area contributed by atoms with Crippen molar-refractivity contribution in [2.45, 2.75) is 16.5 Å². The van der Waals surface area contributed by atoms with Crippen LogP contribution in [0.2, 0.25) is 0 Å². The quantitative estimate of drug-likeness (QED) is 0.453. The van der Waals surface area contributed by atoms with Crippen molar-refractivity contribution in [3.05, 3.63) is 75.7 Å². The van der Waals surface area contributed by atoms with Crippen LogP contribution >= 0.6 is 39.0 Å². The summed E-state index contributed by atoms with van der Waals surface area (Å²) in [5.41, 5.74) is 3.37. The maximum atomic E-state index is 12.7. The van der Waals surface area contributed by atoms with Gasteiger partial charge in [-0.15, -0.1) is 11.3 Å². The van der Waals surface area contributed by atoms with Gasteiger partial charge in [0.1, 0.15) is 4.34 Å². The number of carbonyl (C=O) groups is 1. The van der Waals surface area contributed by atoms with Gasteiger partial charge in [-0.1, -0.05) is 58.0 Å². The number of aromatic nitrogens is 1. The lowest BCUT2D eigenvalue weighted by molar-refractivity contribution is -0.130. The maximum absolute atomic E-state index is 12.7. The number of carbonyl (C=O) groups excluding carboxylic acids is 1. The smallest absolute Gasteiger partial charge is 0.228 e. The molecule has 4 nitrogen and oxygen atoms in total. The van der Waals surface area contributed by atoms with Gasteiger partial charge in [0.05, 0.1) is 12.1 Å². The summed E-state index contributed by atoms with van der Waals surface area (Å²) >= 11 is 6.80. The lowest BCUT2D eigenvalue weighted by Crippen LogP contribution is -2.49. The molecule has 150 valence electrons. The standard InChI is InChI=1S/C22H22BrN3OS2/c23-18-8-6-17(7-9-18)15-28-22-24-19(16-29-22)14-21(27)26-12-10-25(11-13-26)20-4-2-1-3-5-20/h1-9,16H,10-15H2. The van der Waals surface area contributed by atoms with Gasteiger partial charge in [0.2, 0.25) is 5.91 Å². The van der Waals surface area contributed by atoms with Crippen LogP contribution in [0.4, 0.5) is 5.69 Å². The summed E-state index contributed by atoms with van der Waals surface area (Å²) in [5.74, 6) is 1.06. The maximum Gasteiger partial charge on any atom is 0.228 e. The highest BCUT2D eigenvalue weighted by molar-refractivity contribution is 9.10. The average Bonchev–Trinajstić information content (AvgIpc) is 3.21. The average molecular weight is 488 g/mol. The lowest BCUT2D eigenvalue weighted by atomic mass is 10.2. The van der Waals surface area contributed by atoms with Gasteiger partial charge >= 0.3 is 0 Å². The molecule has 4 rings (SSSR count). The fraction of sp³-hybridized carbons (Fsp3) is 0.273. The third-order valence-corrected chi connectivity index (χ3v) is 7.56. The number of hydrogen-bond donors (Lipinski definition) is 0. The van der Waals surface area contributed by atoms with Gasteiger partial charge in [-0.25, -0.2) is 4.98 Å². The zero-order valence-electron chi connectivity index (χ0n) is 16.0. The molecular weight excluding hydrogens is 466 g/mol. The van der Waals surface area contributed by atoms with Gasteiger partial charge in [-0.05, 0) is 29.8 Å². The number of anilines is 1. The van der Waals surface area contributed by atoms with E-state index < -0.39 is 0 Å². The monoisotopic (exact) mass is 487 g/mol. The first-order chi connectivity index (χ1) is 14.2. The topological polar surface area (TPSA) is 36.4 Å². The van der Waals surface area contributed by atoms with Crippen molar-refractivity contribution in [2.24, 2.45) is 0 Å². The molecule has 1 fully saturated rings. The van der Waals surface area contributed by atoms with Gasteiger partial charge < -0.3 is 9.80 Å². The van der Waals surface area contributed by atoms with Crippen molar-refractivity contribution >= 4 is 50.6 Å². The van der Waals surface area contributed by atoms with E-state index in [1.165, 1.54) is 11.3 Å². The predicted molar refractivity (Wildman–Crippen MR) is 125 cm³/mol. The van der Waals surface area contributed by atoms with E-state index in [1.54, 1.807) is 23.1 Å². The van der Waals surface area contributed by atoms with Gasteiger partial charge in [0.25, 0.3) is 0 Å². The van der Waals surface area contributed by atoms with E-state index >= 15 is 0 Å². The summed E-state index contributed by atoms with van der Waals surface area (Å²) in [7, 11) is 0. The number of rotatable bonds is 6. The van der Waals surface area contributed by atoms with Crippen LogP contribution in [0.3, 0.4) is 0 Å². The first kappa shape index (κ1) is 20.4. The summed E-state index contributed by atoms with van der Waals surface area (Å²) in [5, 5.41) is 2.02. The Morgan fingerprint density at radius 2 is 1.76 bits per heavy atom. The van der Waals surface area contributed by atoms with E-state index in [2.05, 4.69) is 74.3 Å². The Bertz CT molecular complexity index is 938. The molecule has 7 heteroatoms. The Labute approximate surface area is 188 Å². The molecule has 0 spiro atoms. The largest absolute Gasteiger partial charge is 0.368 e. The summed E-state index contributed by atoms with van der Waals surface area (Å²) < 4.78 is 2.11. The third-order valence-electron chi connectivity index (χ3n) is 4.89. The SMILES string of the molecule is O=C(Cc1csc(SCc2ccc(Br)cc2)n1)N1CCN(c2ccccc2)CC1. The molecule has 3 aromatic rings. The highest BCUT2D eigenvalue weighted by Gasteiger charge is 2.22. The van der Waals surface area contributed by atoms with Crippen LogP contribution in [-0.4, -0.2) is 42.0 Å². The summed E-state index contributed by atoms with van der Waals surface area (Å²) in [6.45, 7) is 3.29. The highest BCUT2D eigenvalue weighted by atomic mass is 79.9. The highest BCUT2D eigenvalue weighted by Crippen LogP contribution is 2.27. The van der Waals surface area contributed by atoms with E-state index in [-0.39, 0.29) is 5.91 Å². The molecule has 1 saturated heterocycles. The minimum absolute atomic E-state index is 0.174. The molecule has 0 saturated carbocycles. The Kier molecular flexibility index (Phi) is 6.90. The first-order valence-corrected chi connectivity index (χ1v) is 12.2. The molecular formula is C22H22BrN3OS2. The number of thioether (sulfide) groups is 1. The predicted octanol–water partition coefficient (Wildman–Crippen LogP) is 5.09. The van der Waals surface area contributed by atoms with Crippen molar-refractivity contribution < 1.29 is 4.79 Å². The number of benzene rings is 2. The van der Waals surface area contributed by atoms with Crippen molar-refractivity contribution in [1.82, 2.24) is 9.88 Å². The van der Waals surface area contributed by atoms with Gasteiger partial charge in [0.15, 0.2) is 0 Å². The molecule has 0 N–H and O–H groups in total. The summed E-state index contributed by atoms with van der Waals surface area (Å²) in [6, 6.07) is 18.7. The molecule has 1 amide bonds. The first-order valence-electron chi connectivity index (χ1n) is 9.57. The second-order valence-corrected chi connectivity index (χ2v) is 9.90. The molecule has 0 atom stereocenters. The van der Waals surface area contributed by atoms with Crippen LogP contribution in [0.25, 0.3) is 0 Å². The minimum Gasteiger partial charge on any atom is -0.368 e. The molecule has 0 radical (unpaired) electrons. The second kappa shape index (κ2) is 9.78. The van der Waals surface area contributed by atoms with E-state index in [4.69, 9.17) is 0 Å². The molecule has 1 aliphatic rings.